The van der Waals surface area contributed by atoms with Crippen molar-refractivity contribution in [3.05, 3.63) is 47.2 Å². The Labute approximate surface area is 127 Å². The number of pyridine rings is 1. The van der Waals surface area contributed by atoms with Crippen LogP contribution in [0.15, 0.2) is 35.9 Å². The smallest absolute Gasteiger partial charge is 0.303 e. The van der Waals surface area contributed by atoms with E-state index < -0.39 is 7.82 Å². The maximum absolute atomic E-state index is 12.2. The van der Waals surface area contributed by atoms with Gasteiger partial charge in [-0.3, -0.25) is 4.79 Å². The molecular formula is C15H16NO5P. The third-order valence-corrected chi connectivity index (χ3v) is 3.46. The van der Waals surface area contributed by atoms with Gasteiger partial charge in [-0.2, -0.15) is 0 Å². The topological polar surface area (TPSA) is 108 Å². The van der Waals surface area contributed by atoms with Gasteiger partial charge in [0.2, 0.25) is 0 Å². The van der Waals surface area contributed by atoms with Crippen molar-refractivity contribution >= 4 is 30.6 Å². The molecule has 0 amide bonds. The largest absolute Gasteiger partial charge is 0.466 e. The van der Waals surface area contributed by atoms with Gasteiger partial charge in [0.25, 0.3) is 0 Å². The van der Waals surface area contributed by atoms with Crippen LogP contribution in [0.1, 0.15) is 29.9 Å². The van der Waals surface area contributed by atoms with Crippen LogP contribution in [-0.2, 0) is 4.57 Å². The fourth-order valence-corrected chi connectivity index (χ4v) is 2.22. The molecule has 0 radical (unpaired) electrons. The second-order valence-corrected chi connectivity index (χ2v) is 6.13. The molecule has 6 nitrogen and oxygen atoms in total. The van der Waals surface area contributed by atoms with Crippen LogP contribution in [0.3, 0.4) is 0 Å². The summed E-state index contributed by atoms with van der Waals surface area (Å²) >= 11 is 0. The number of carbonyl (C=O) groups is 1. The molecule has 1 aliphatic rings. The van der Waals surface area contributed by atoms with Crippen molar-refractivity contribution in [1.82, 2.24) is 4.98 Å². The highest BCUT2D eigenvalue weighted by Gasteiger charge is 2.24. The minimum atomic E-state index is -4.64. The average molecular weight is 321 g/mol. The number of ketones is 1. The van der Waals surface area contributed by atoms with Gasteiger partial charge in [0, 0.05) is 16.9 Å². The summed E-state index contributed by atoms with van der Waals surface area (Å²) in [5, 5.41) is 1.03. The fraction of sp³-hybridized carbons (Fsp3) is 0.200. The van der Waals surface area contributed by atoms with Gasteiger partial charge in [-0.25, -0.2) is 9.55 Å². The highest BCUT2D eigenvalue weighted by atomic mass is 31.2. The van der Waals surface area contributed by atoms with E-state index in [9.17, 15) is 4.79 Å². The normalized spacial score (nSPS) is 17.4. The summed E-state index contributed by atoms with van der Waals surface area (Å²) in [6, 6.07) is 9.85. The second kappa shape index (κ2) is 6.10. The highest BCUT2D eigenvalue weighted by Crippen LogP contribution is 2.29. The molecule has 0 fully saturated rings. The molecule has 0 saturated carbocycles. The first kappa shape index (κ1) is 16.5. The van der Waals surface area contributed by atoms with Gasteiger partial charge in [-0.05, 0) is 25.1 Å². The van der Waals surface area contributed by atoms with Crippen molar-refractivity contribution in [2.75, 3.05) is 0 Å². The Kier molecular flexibility index (Phi) is 4.58. The number of allylic oxidation sites excluding steroid dienone is 1. The van der Waals surface area contributed by atoms with Gasteiger partial charge in [-0.15, -0.1) is 0 Å². The van der Waals surface area contributed by atoms with Gasteiger partial charge < -0.3 is 14.7 Å². The molecule has 1 unspecified atom stereocenters. The lowest BCUT2D eigenvalue weighted by atomic mass is 9.86. The first-order valence-corrected chi connectivity index (χ1v) is 8.14. The van der Waals surface area contributed by atoms with Crippen molar-refractivity contribution in [1.29, 1.82) is 0 Å². The number of benzene rings is 1. The Morgan fingerprint density at radius 3 is 2.41 bits per heavy atom. The number of Topliss-reactive ketones (excluding diaryl/α,β-unsaturated/α-hetero) is 1. The molecule has 1 heterocycles. The molecule has 1 aromatic heterocycles. The Morgan fingerprint density at radius 2 is 1.77 bits per heavy atom. The maximum Gasteiger partial charge on any atom is 0.466 e. The number of phosphoric acid groups is 1. The van der Waals surface area contributed by atoms with Crippen molar-refractivity contribution in [3.8, 4) is 0 Å². The highest BCUT2D eigenvalue weighted by molar-refractivity contribution is 7.45. The van der Waals surface area contributed by atoms with Crippen LogP contribution in [0, 0.1) is 5.92 Å². The molecule has 1 aliphatic carbocycles. The molecule has 3 rings (SSSR count). The fourth-order valence-electron chi connectivity index (χ4n) is 2.22. The monoisotopic (exact) mass is 321 g/mol. The molecule has 0 aliphatic heterocycles. The van der Waals surface area contributed by atoms with Gasteiger partial charge in [0.1, 0.15) is 0 Å². The van der Waals surface area contributed by atoms with Crippen LogP contribution in [0.5, 0.6) is 0 Å². The third-order valence-electron chi connectivity index (χ3n) is 3.46. The van der Waals surface area contributed by atoms with Crippen molar-refractivity contribution in [3.63, 3.8) is 0 Å². The first-order chi connectivity index (χ1) is 10.2. The Balaban J connectivity index is 0.000000309. The van der Waals surface area contributed by atoms with E-state index in [1.165, 1.54) is 0 Å². The lowest BCUT2D eigenvalue weighted by molar-refractivity contribution is 0.0946. The van der Waals surface area contributed by atoms with E-state index >= 15 is 0 Å². The van der Waals surface area contributed by atoms with Crippen molar-refractivity contribution < 1.29 is 24.0 Å². The number of nitrogens with zero attached hydrogens (tertiary/aromatic N) is 1. The van der Waals surface area contributed by atoms with Crippen LogP contribution in [0.2, 0.25) is 0 Å². The van der Waals surface area contributed by atoms with E-state index in [1.54, 1.807) is 0 Å². The summed E-state index contributed by atoms with van der Waals surface area (Å²) in [5.74, 6) is 0.156. The van der Waals surface area contributed by atoms with Gasteiger partial charge in [0.05, 0.1) is 11.2 Å². The van der Waals surface area contributed by atoms with Gasteiger partial charge in [0.15, 0.2) is 5.78 Å². The summed E-state index contributed by atoms with van der Waals surface area (Å²) in [6.07, 6.45) is 2.02. The van der Waals surface area contributed by atoms with Crippen LogP contribution in [0.4, 0.5) is 0 Å². The van der Waals surface area contributed by atoms with Gasteiger partial charge in [-0.1, -0.05) is 30.7 Å². The summed E-state index contributed by atoms with van der Waals surface area (Å²) in [7, 11) is -4.64. The minimum absolute atomic E-state index is 0.0227. The number of rotatable bonds is 0. The van der Waals surface area contributed by atoms with Crippen molar-refractivity contribution in [2.24, 2.45) is 5.92 Å². The Morgan fingerprint density at radius 1 is 1.18 bits per heavy atom. The van der Waals surface area contributed by atoms with E-state index in [-0.39, 0.29) is 11.7 Å². The molecular weight excluding hydrogens is 305 g/mol. The zero-order valence-corrected chi connectivity index (χ0v) is 13.0. The summed E-state index contributed by atoms with van der Waals surface area (Å²) in [5.41, 5.74) is 3.59. The minimum Gasteiger partial charge on any atom is -0.303 e. The Hall–Kier alpha value is -1.85. The quantitative estimate of drug-likeness (QED) is 0.644. The SMILES string of the molecule is CC1=Cc2nc3ccccc3cc2C(=O)C1C.O=P(O)(O)O. The molecule has 116 valence electrons. The Bertz CT molecular complexity index is 800. The number of para-hydroxylation sites is 1. The van der Waals surface area contributed by atoms with E-state index in [0.717, 1.165) is 27.7 Å². The standard InChI is InChI=1S/C15H13NO.H3O4P/c1-9-7-14-12(15(17)10(9)2)8-11-5-3-4-6-13(11)16-14;1-5(2,3)4/h3-8,10H,1-2H3;(H3,1,2,3,4). The molecule has 2 aromatic rings. The van der Waals surface area contributed by atoms with Crippen LogP contribution >= 0.6 is 7.82 Å². The van der Waals surface area contributed by atoms with Crippen LogP contribution < -0.4 is 0 Å². The molecule has 1 aromatic carbocycles. The first-order valence-electron chi connectivity index (χ1n) is 6.57. The van der Waals surface area contributed by atoms with E-state index in [4.69, 9.17) is 19.2 Å². The summed E-state index contributed by atoms with van der Waals surface area (Å²) < 4.78 is 8.88. The number of aromatic nitrogens is 1. The number of hydrogen-bond donors (Lipinski definition) is 3. The van der Waals surface area contributed by atoms with E-state index in [1.807, 2.05) is 50.3 Å². The summed E-state index contributed by atoms with van der Waals surface area (Å²) in [4.78, 5) is 38.3. The zero-order chi connectivity index (χ0) is 16.5. The van der Waals surface area contributed by atoms with E-state index in [2.05, 4.69) is 4.98 Å². The molecule has 7 heteroatoms. The second-order valence-electron chi connectivity index (χ2n) is 5.10. The zero-order valence-electron chi connectivity index (χ0n) is 12.1. The van der Waals surface area contributed by atoms with Crippen LogP contribution in [-0.4, -0.2) is 25.4 Å². The molecule has 0 bridgehead atoms. The number of hydrogen-bond acceptors (Lipinski definition) is 3. The maximum atomic E-state index is 12.2. The average Bonchev–Trinajstić information content (AvgIpc) is 2.42. The van der Waals surface area contributed by atoms with Crippen molar-refractivity contribution in [2.45, 2.75) is 13.8 Å². The number of fused-ring (bicyclic) bond motifs is 2. The number of carbonyl (C=O) groups excluding carboxylic acids is 1. The molecule has 0 saturated heterocycles. The molecule has 0 spiro atoms. The molecule has 1 atom stereocenters. The predicted octanol–water partition coefficient (Wildman–Crippen LogP) is 2.54. The van der Waals surface area contributed by atoms with E-state index in [0.29, 0.717) is 0 Å². The van der Waals surface area contributed by atoms with Crippen LogP contribution in [0.25, 0.3) is 17.0 Å². The lowest BCUT2D eigenvalue weighted by Crippen LogP contribution is -2.18. The molecule has 22 heavy (non-hydrogen) atoms. The summed E-state index contributed by atoms with van der Waals surface area (Å²) in [6.45, 7) is 3.94. The predicted molar refractivity (Wildman–Crippen MR) is 83.2 cm³/mol. The lowest BCUT2D eigenvalue weighted by Gasteiger charge is -2.19. The molecule has 3 N–H and O–H groups in total. The third kappa shape index (κ3) is 3.87. The van der Waals surface area contributed by atoms with Gasteiger partial charge >= 0.3 is 7.82 Å².